The van der Waals surface area contributed by atoms with Crippen LogP contribution in [0.2, 0.25) is 0 Å². The van der Waals surface area contributed by atoms with Crippen molar-refractivity contribution in [3.63, 3.8) is 0 Å². The second kappa shape index (κ2) is 8.56. The zero-order valence-corrected chi connectivity index (χ0v) is 18.8. The van der Waals surface area contributed by atoms with Crippen molar-refractivity contribution in [2.24, 2.45) is 0 Å². The number of nitrogens with zero attached hydrogens (tertiary/aromatic N) is 1. The lowest BCUT2D eigenvalue weighted by atomic mass is 9.74. The number of fused-ring (bicyclic) bond motifs is 1. The first kappa shape index (κ1) is 21.5. The zero-order valence-electron chi connectivity index (χ0n) is 18.8. The highest BCUT2D eigenvalue weighted by Gasteiger charge is 2.36. The van der Waals surface area contributed by atoms with Crippen molar-refractivity contribution in [2.45, 2.75) is 32.1 Å². The van der Waals surface area contributed by atoms with E-state index in [2.05, 4.69) is 11.4 Å². The number of benzene rings is 2. The molecule has 172 valence electrons. The fraction of sp³-hybridized carbons (Fsp3) is 0.346. The van der Waals surface area contributed by atoms with E-state index < -0.39 is 0 Å². The molecule has 0 unspecified atom stereocenters. The number of carbonyl (C=O) groups is 1. The molecular weight excluding hydrogens is 423 g/mol. The van der Waals surface area contributed by atoms with Crippen LogP contribution in [0.3, 0.4) is 0 Å². The fourth-order valence-corrected chi connectivity index (χ4v) is 4.90. The SMILES string of the molecule is Cc1cc(C(=O)NCC2(c3ccc4c(c3)OCO4)CCOCC2)c(C)n1-c1ccccc1F. The van der Waals surface area contributed by atoms with Crippen molar-refractivity contribution in [3.05, 3.63) is 76.9 Å². The molecule has 5 rings (SSSR count). The van der Waals surface area contributed by atoms with E-state index in [4.69, 9.17) is 14.2 Å². The Bertz CT molecular complexity index is 1200. The summed E-state index contributed by atoms with van der Waals surface area (Å²) in [6, 6.07) is 14.4. The monoisotopic (exact) mass is 450 g/mol. The second-order valence-corrected chi connectivity index (χ2v) is 8.72. The fourth-order valence-electron chi connectivity index (χ4n) is 4.90. The molecule has 33 heavy (non-hydrogen) atoms. The van der Waals surface area contributed by atoms with Crippen molar-refractivity contribution in [1.82, 2.24) is 9.88 Å². The largest absolute Gasteiger partial charge is 0.454 e. The third kappa shape index (κ3) is 3.86. The van der Waals surface area contributed by atoms with Crippen LogP contribution in [0.5, 0.6) is 11.5 Å². The van der Waals surface area contributed by atoms with E-state index in [-0.39, 0.29) is 23.9 Å². The number of hydrogen-bond acceptors (Lipinski definition) is 4. The van der Waals surface area contributed by atoms with E-state index in [0.717, 1.165) is 35.6 Å². The molecule has 3 aromatic rings. The number of nitrogens with one attached hydrogen (secondary N) is 1. The quantitative estimate of drug-likeness (QED) is 0.624. The molecule has 1 N–H and O–H groups in total. The van der Waals surface area contributed by atoms with Crippen molar-refractivity contribution in [1.29, 1.82) is 0 Å². The minimum Gasteiger partial charge on any atom is -0.454 e. The van der Waals surface area contributed by atoms with Crippen LogP contribution in [-0.4, -0.2) is 37.0 Å². The van der Waals surface area contributed by atoms with Gasteiger partial charge in [0.25, 0.3) is 5.91 Å². The Morgan fingerprint density at radius 3 is 2.61 bits per heavy atom. The third-order valence-electron chi connectivity index (χ3n) is 6.79. The predicted molar refractivity (Wildman–Crippen MR) is 122 cm³/mol. The lowest BCUT2D eigenvalue weighted by Gasteiger charge is -2.38. The van der Waals surface area contributed by atoms with E-state index in [1.807, 2.05) is 32.0 Å². The Hall–Kier alpha value is -3.32. The van der Waals surface area contributed by atoms with Gasteiger partial charge in [0, 0.05) is 36.6 Å². The molecule has 0 spiro atoms. The molecule has 3 heterocycles. The van der Waals surface area contributed by atoms with Crippen LogP contribution in [0.15, 0.2) is 48.5 Å². The van der Waals surface area contributed by atoms with E-state index in [1.54, 1.807) is 22.8 Å². The molecular formula is C26H27FN2O4. The van der Waals surface area contributed by atoms with Gasteiger partial charge in [-0.3, -0.25) is 4.79 Å². The van der Waals surface area contributed by atoms with Gasteiger partial charge in [-0.1, -0.05) is 18.2 Å². The summed E-state index contributed by atoms with van der Waals surface area (Å²) in [5.41, 5.74) is 3.34. The summed E-state index contributed by atoms with van der Waals surface area (Å²) in [6.07, 6.45) is 1.59. The smallest absolute Gasteiger partial charge is 0.253 e. The van der Waals surface area contributed by atoms with E-state index in [0.29, 0.717) is 36.7 Å². The average Bonchev–Trinajstić information content (AvgIpc) is 3.42. The standard InChI is InChI=1S/C26H27FN2O4/c1-17-13-20(18(2)29(17)22-6-4-3-5-21(22)27)25(30)28-15-26(9-11-31-12-10-26)19-7-8-23-24(14-19)33-16-32-23/h3-8,13-14H,9-12,15-16H2,1-2H3,(H,28,30). The molecule has 2 aliphatic rings. The maximum absolute atomic E-state index is 14.4. The minimum atomic E-state index is -0.324. The number of hydrogen-bond donors (Lipinski definition) is 1. The Balaban J connectivity index is 1.40. The van der Waals surface area contributed by atoms with E-state index >= 15 is 0 Å². The van der Waals surface area contributed by atoms with Gasteiger partial charge in [0.05, 0.1) is 11.3 Å². The number of aromatic nitrogens is 1. The first-order valence-corrected chi connectivity index (χ1v) is 11.2. The van der Waals surface area contributed by atoms with Crippen molar-refractivity contribution in [2.75, 3.05) is 26.6 Å². The second-order valence-electron chi connectivity index (χ2n) is 8.72. The summed E-state index contributed by atoms with van der Waals surface area (Å²) in [4.78, 5) is 13.3. The minimum absolute atomic E-state index is 0.169. The number of ether oxygens (including phenoxy) is 3. The molecule has 0 atom stereocenters. The van der Waals surface area contributed by atoms with Gasteiger partial charge in [0.15, 0.2) is 11.5 Å². The van der Waals surface area contributed by atoms with Crippen LogP contribution in [0, 0.1) is 19.7 Å². The molecule has 2 aliphatic heterocycles. The van der Waals surface area contributed by atoms with Gasteiger partial charge < -0.3 is 24.1 Å². The molecule has 0 saturated carbocycles. The van der Waals surface area contributed by atoms with E-state index in [1.165, 1.54) is 6.07 Å². The summed E-state index contributed by atoms with van der Waals surface area (Å²) in [5.74, 6) is 0.983. The van der Waals surface area contributed by atoms with Gasteiger partial charge in [0.1, 0.15) is 5.82 Å². The summed E-state index contributed by atoms with van der Waals surface area (Å²) in [7, 11) is 0. The Morgan fingerprint density at radius 1 is 1.06 bits per heavy atom. The Labute approximate surface area is 192 Å². The maximum Gasteiger partial charge on any atom is 0.253 e. The van der Waals surface area contributed by atoms with Crippen LogP contribution >= 0.6 is 0 Å². The van der Waals surface area contributed by atoms with Crippen LogP contribution < -0.4 is 14.8 Å². The number of carbonyl (C=O) groups excluding carboxylic acids is 1. The average molecular weight is 451 g/mol. The van der Waals surface area contributed by atoms with Crippen molar-refractivity contribution in [3.8, 4) is 17.2 Å². The van der Waals surface area contributed by atoms with Crippen LogP contribution in [0.25, 0.3) is 5.69 Å². The molecule has 7 heteroatoms. The lowest BCUT2D eigenvalue weighted by Crippen LogP contribution is -2.44. The summed E-state index contributed by atoms with van der Waals surface area (Å²) in [5, 5.41) is 3.15. The molecule has 1 amide bonds. The Kier molecular flexibility index (Phi) is 5.58. The normalized spacial score (nSPS) is 16.6. The first-order valence-electron chi connectivity index (χ1n) is 11.2. The topological polar surface area (TPSA) is 61.7 Å². The highest BCUT2D eigenvalue weighted by Crippen LogP contribution is 2.40. The maximum atomic E-state index is 14.4. The summed E-state index contributed by atoms with van der Waals surface area (Å²) >= 11 is 0. The first-order chi connectivity index (χ1) is 16.0. The highest BCUT2D eigenvalue weighted by molar-refractivity contribution is 5.96. The van der Waals surface area contributed by atoms with Gasteiger partial charge in [-0.25, -0.2) is 4.39 Å². The van der Waals surface area contributed by atoms with Gasteiger partial charge >= 0.3 is 0 Å². The molecule has 1 fully saturated rings. The van der Waals surface area contributed by atoms with Gasteiger partial charge in [-0.15, -0.1) is 0 Å². The number of para-hydroxylation sites is 1. The molecule has 0 bridgehead atoms. The van der Waals surface area contributed by atoms with Crippen LogP contribution in [0.4, 0.5) is 4.39 Å². The van der Waals surface area contributed by atoms with Crippen molar-refractivity contribution >= 4 is 5.91 Å². The number of aryl methyl sites for hydroxylation is 1. The summed E-state index contributed by atoms with van der Waals surface area (Å²) < 4.78 is 32.9. The number of halogens is 1. The third-order valence-corrected chi connectivity index (χ3v) is 6.79. The molecule has 6 nitrogen and oxygen atoms in total. The van der Waals surface area contributed by atoms with Gasteiger partial charge in [-0.05, 0) is 62.6 Å². The molecule has 1 aromatic heterocycles. The zero-order chi connectivity index (χ0) is 23.0. The van der Waals surface area contributed by atoms with Crippen molar-refractivity contribution < 1.29 is 23.4 Å². The van der Waals surface area contributed by atoms with Crippen LogP contribution in [-0.2, 0) is 10.2 Å². The predicted octanol–water partition coefficient (Wildman–Crippen LogP) is 4.44. The van der Waals surface area contributed by atoms with Crippen LogP contribution in [0.1, 0.15) is 40.2 Å². The number of amides is 1. The summed E-state index contributed by atoms with van der Waals surface area (Å²) in [6.45, 7) is 5.68. The Morgan fingerprint density at radius 2 is 1.82 bits per heavy atom. The highest BCUT2D eigenvalue weighted by atomic mass is 19.1. The lowest BCUT2D eigenvalue weighted by molar-refractivity contribution is 0.0486. The molecule has 1 saturated heterocycles. The van der Waals surface area contributed by atoms with E-state index in [9.17, 15) is 9.18 Å². The molecule has 0 aliphatic carbocycles. The van der Waals surface area contributed by atoms with Gasteiger partial charge in [-0.2, -0.15) is 0 Å². The van der Waals surface area contributed by atoms with Gasteiger partial charge in [0.2, 0.25) is 6.79 Å². The molecule has 2 aromatic carbocycles. The molecule has 0 radical (unpaired) electrons. The number of rotatable bonds is 5.